The van der Waals surface area contributed by atoms with Crippen LogP contribution in [0.2, 0.25) is 0 Å². The van der Waals surface area contributed by atoms with Gasteiger partial charge in [-0.3, -0.25) is 4.79 Å². The monoisotopic (exact) mass is 548 g/mol. The van der Waals surface area contributed by atoms with Crippen LogP contribution in [0.4, 0.5) is 0 Å². The molecule has 2 heterocycles. The quantitative estimate of drug-likeness (QED) is 0.264. The van der Waals surface area contributed by atoms with Crippen molar-refractivity contribution in [2.45, 2.75) is 15.9 Å². The van der Waals surface area contributed by atoms with Crippen molar-refractivity contribution in [1.29, 1.82) is 0 Å². The summed E-state index contributed by atoms with van der Waals surface area (Å²) in [4.78, 5) is 16.3. The highest BCUT2D eigenvalue weighted by molar-refractivity contribution is 9.10. The maximum absolute atomic E-state index is 12.9. The highest BCUT2D eigenvalue weighted by atomic mass is 79.9. The van der Waals surface area contributed by atoms with Crippen LogP contribution in [0.5, 0.6) is 0 Å². The number of H-pyrrole nitrogens is 1. The number of benzene rings is 3. The fraction of sp³-hybridized carbons (Fsp3) is 0.0741. The number of carbonyl (C=O) groups excluding carboxylic acids is 1. The Morgan fingerprint density at radius 2 is 1.63 bits per heavy atom. The summed E-state index contributed by atoms with van der Waals surface area (Å²) in [6, 6.07) is 26.6. The summed E-state index contributed by atoms with van der Waals surface area (Å²) >= 11 is 3.47. The zero-order chi connectivity index (χ0) is 24.4. The molecule has 35 heavy (non-hydrogen) atoms. The molecule has 1 unspecified atom stereocenters. The van der Waals surface area contributed by atoms with Crippen LogP contribution in [-0.2, 0) is 9.84 Å². The Bertz CT molecular complexity index is 1590. The van der Waals surface area contributed by atoms with Gasteiger partial charge in [-0.05, 0) is 53.6 Å². The first-order valence-electron chi connectivity index (χ1n) is 10.9. The SMILES string of the molecule is O=C(NCC(c1ccc(Br)cc1)c1c[nH]c2ccccc12)c1ccc(S(=O)(=O)c2ccccc2)o1. The van der Waals surface area contributed by atoms with E-state index in [-0.39, 0.29) is 21.7 Å². The van der Waals surface area contributed by atoms with Crippen molar-refractivity contribution in [3.8, 4) is 0 Å². The summed E-state index contributed by atoms with van der Waals surface area (Å²) in [6.07, 6.45) is 1.96. The van der Waals surface area contributed by atoms with E-state index in [1.807, 2.05) is 54.7 Å². The van der Waals surface area contributed by atoms with Crippen molar-refractivity contribution in [3.05, 3.63) is 119 Å². The zero-order valence-electron chi connectivity index (χ0n) is 18.4. The maximum Gasteiger partial charge on any atom is 0.287 e. The van der Waals surface area contributed by atoms with Gasteiger partial charge in [-0.25, -0.2) is 8.42 Å². The predicted molar refractivity (Wildman–Crippen MR) is 137 cm³/mol. The minimum absolute atomic E-state index is 0.0620. The van der Waals surface area contributed by atoms with Crippen LogP contribution < -0.4 is 5.32 Å². The van der Waals surface area contributed by atoms with Crippen LogP contribution in [0.25, 0.3) is 10.9 Å². The number of fused-ring (bicyclic) bond motifs is 1. The number of para-hydroxylation sites is 1. The highest BCUT2D eigenvalue weighted by Gasteiger charge is 2.24. The smallest absolute Gasteiger partial charge is 0.287 e. The average Bonchev–Trinajstić information content (AvgIpc) is 3.54. The Morgan fingerprint density at radius 1 is 0.914 bits per heavy atom. The van der Waals surface area contributed by atoms with Crippen LogP contribution >= 0.6 is 15.9 Å². The van der Waals surface area contributed by atoms with Gasteiger partial charge in [-0.2, -0.15) is 0 Å². The molecule has 0 aliphatic heterocycles. The number of aromatic amines is 1. The number of aromatic nitrogens is 1. The first kappa shape index (κ1) is 23.1. The molecule has 8 heteroatoms. The number of carbonyl (C=O) groups is 1. The topological polar surface area (TPSA) is 92.2 Å². The van der Waals surface area contributed by atoms with Crippen molar-refractivity contribution >= 4 is 42.6 Å². The number of nitrogens with one attached hydrogen (secondary N) is 2. The number of rotatable bonds is 7. The lowest BCUT2D eigenvalue weighted by molar-refractivity contribution is 0.0919. The molecule has 0 aliphatic rings. The molecule has 5 rings (SSSR count). The van der Waals surface area contributed by atoms with Crippen LogP contribution in [0.1, 0.15) is 27.6 Å². The number of hydrogen-bond acceptors (Lipinski definition) is 4. The average molecular weight is 549 g/mol. The van der Waals surface area contributed by atoms with Crippen molar-refractivity contribution in [2.24, 2.45) is 0 Å². The van der Waals surface area contributed by atoms with Crippen LogP contribution in [0, 0.1) is 0 Å². The third kappa shape index (κ3) is 4.67. The minimum Gasteiger partial charge on any atom is -0.439 e. The van der Waals surface area contributed by atoms with Gasteiger partial charge in [0.2, 0.25) is 14.9 Å². The molecule has 1 amide bonds. The van der Waals surface area contributed by atoms with Crippen LogP contribution in [0.3, 0.4) is 0 Å². The lowest BCUT2D eigenvalue weighted by Crippen LogP contribution is -2.28. The van der Waals surface area contributed by atoms with Crippen molar-refractivity contribution in [2.75, 3.05) is 6.54 Å². The van der Waals surface area contributed by atoms with E-state index in [0.717, 1.165) is 26.5 Å². The van der Waals surface area contributed by atoms with Gasteiger partial charge >= 0.3 is 0 Å². The van der Waals surface area contributed by atoms with E-state index in [4.69, 9.17) is 4.42 Å². The molecule has 5 aromatic rings. The minimum atomic E-state index is -3.85. The van der Waals surface area contributed by atoms with Gasteiger partial charge in [0.15, 0.2) is 5.76 Å². The number of halogens is 1. The van der Waals surface area contributed by atoms with E-state index in [2.05, 4.69) is 26.2 Å². The molecule has 0 spiro atoms. The summed E-state index contributed by atoms with van der Waals surface area (Å²) in [5.41, 5.74) is 3.10. The Hall–Kier alpha value is -3.62. The van der Waals surface area contributed by atoms with Gasteiger partial charge in [0.05, 0.1) is 4.90 Å². The second-order valence-corrected chi connectivity index (χ2v) is 10.8. The molecule has 0 aliphatic carbocycles. The van der Waals surface area contributed by atoms with E-state index in [0.29, 0.717) is 6.54 Å². The zero-order valence-corrected chi connectivity index (χ0v) is 20.8. The van der Waals surface area contributed by atoms with E-state index < -0.39 is 15.7 Å². The normalized spacial score (nSPS) is 12.5. The third-order valence-corrected chi connectivity index (χ3v) is 8.03. The van der Waals surface area contributed by atoms with Crippen molar-refractivity contribution < 1.29 is 17.6 Å². The summed E-state index contributed by atoms with van der Waals surface area (Å²) in [5, 5.41) is 3.72. The van der Waals surface area contributed by atoms with Gasteiger partial charge < -0.3 is 14.7 Å². The molecule has 176 valence electrons. The standard InChI is InChI=1S/C27H21BrN2O4S/c28-19-12-10-18(11-13-19)22(23-17-29-24-9-5-4-8-21(23)24)16-30-27(31)25-14-15-26(34-25)35(32,33)20-6-2-1-3-7-20/h1-15,17,22,29H,16H2,(H,30,31). The van der Waals surface area contributed by atoms with E-state index in [9.17, 15) is 13.2 Å². The molecule has 6 nitrogen and oxygen atoms in total. The Balaban J connectivity index is 1.40. The lowest BCUT2D eigenvalue weighted by Gasteiger charge is -2.18. The number of amides is 1. The number of hydrogen-bond donors (Lipinski definition) is 2. The third-order valence-electron chi connectivity index (χ3n) is 5.86. The Morgan fingerprint density at radius 3 is 2.40 bits per heavy atom. The van der Waals surface area contributed by atoms with Crippen LogP contribution in [0.15, 0.2) is 116 Å². The highest BCUT2D eigenvalue weighted by Crippen LogP contribution is 2.31. The Kier molecular flexibility index (Phi) is 6.32. The Labute approximate surface area is 211 Å². The molecule has 0 saturated carbocycles. The van der Waals surface area contributed by atoms with E-state index in [1.54, 1.807) is 18.2 Å². The van der Waals surface area contributed by atoms with Gasteiger partial charge in [0.25, 0.3) is 5.91 Å². The first-order chi connectivity index (χ1) is 16.9. The molecule has 0 saturated heterocycles. The van der Waals surface area contributed by atoms with Gasteiger partial charge in [-0.15, -0.1) is 0 Å². The second kappa shape index (κ2) is 9.56. The van der Waals surface area contributed by atoms with Crippen LogP contribution in [-0.4, -0.2) is 25.9 Å². The van der Waals surface area contributed by atoms with E-state index in [1.165, 1.54) is 24.3 Å². The number of furan rings is 1. The summed E-state index contributed by atoms with van der Waals surface area (Å²) in [5.74, 6) is -0.680. The van der Waals surface area contributed by atoms with Crippen molar-refractivity contribution in [1.82, 2.24) is 10.3 Å². The molecule has 0 bridgehead atoms. The summed E-state index contributed by atoms with van der Waals surface area (Å²) < 4.78 is 32.0. The second-order valence-electron chi connectivity index (χ2n) is 8.04. The molecule has 1 atom stereocenters. The fourth-order valence-electron chi connectivity index (χ4n) is 4.07. The van der Waals surface area contributed by atoms with Gasteiger partial charge in [0, 0.05) is 34.0 Å². The first-order valence-corrected chi connectivity index (χ1v) is 13.2. The molecule has 0 radical (unpaired) electrons. The van der Waals surface area contributed by atoms with E-state index >= 15 is 0 Å². The fourth-order valence-corrected chi connectivity index (χ4v) is 5.53. The molecule has 0 fully saturated rings. The van der Waals surface area contributed by atoms with Gasteiger partial charge in [0.1, 0.15) is 0 Å². The number of sulfone groups is 1. The lowest BCUT2D eigenvalue weighted by atomic mass is 9.91. The maximum atomic E-state index is 12.9. The van der Waals surface area contributed by atoms with Gasteiger partial charge in [-0.1, -0.05) is 64.5 Å². The molecule has 3 aromatic carbocycles. The molecular weight excluding hydrogens is 528 g/mol. The predicted octanol–water partition coefficient (Wildman–Crippen LogP) is 5.92. The molecule has 2 N–H and O–H groups in total. The molecular formula is C27H21BrN2O4S. The summed E-state index contributed by atoms with van der Waals surface area (Å²) in [7, 11) is -3.85. The van der Waals surface area contributed by atoms with Crippen molar-refractivity contribution in [3.63, 3.8) is 0 Å². The molecule has 2 aromatic heterocycles. The largest absolute Gasteiger partial charge is 0.439 e. The summed E-state index contributed by atoms with van der Waals surface area (Å²) in [6.45, 7) is 0.295.